The molecule has 0 saturated heterocycles. The standard InChI is InChI=1S/C20H21N3O7/c1-12(13-4-6-17-18(10-13)29-8-7-28-17)22-19(24)11-30-20(25)14-3-5-15(21-2)16(9-14)23(26)27/h3-6,9-10,12,21H,7-8,11H2,1-2H3,(H,22,24)/t12-/m1/s1. The Morgan fingerprint density at radius 1 is 1.17 bits per heavy atom. The van der Waals surface area contributed by atoms with E-state index in [1.54, 1.807) is 19.1 Å². The first-order chi connectivity index (χ1) is 14.4. The number of rotatable bonds is 7. The molecule has 10 nitrogen and oxygen atoms in total. The molecule has 0 aromatic heterocycles. The van der Waals surface area contributed by atoms with E-state index in [1.165, 1.54) is 19.2 Å². The van der Waals surface area contributed by atoms with E-state index in [0.29, 0.717) is 24.7 Å². The van der Waals surface area contributed by atoms with Gasteiger partial charge in [-0.3, -0.25) is 14.9 Å². The highest BCUT2D eigenvalue weighted by atomic mass is 16.6. The van der Waals surface area contributed by atoms with Gasteiger partial charge in [0.1, 0.15) is 18.9 Å². The van der Waals surface area contributed by atoms with E-state index in [0.717, 1.165) is 11.6 Å². The average molecular weight is 415 g/mol. The van der Waals surface area contributed by atoms with Crippen LogP contribution in [-0.2, 0) is 9.53 Å². The fourth-order valence-electron chi connectivity index (χ4n) is 2.93. The SMILES string of the molecule is CNc1ccc(C(=O)OCC(=O)N[C@H](C)c2ccc3c(c2)OCCO3)cc1[N+](=O)[O-]. The van der Waals surface area contributed by atoms with Crippen LogP contribution in [0.2, 0.25) is 0 Å². The van der Waals surface area contributed by atoms with E-state index < -0.39 is 23.4 Å². The smallest absolute Gasteiger partial charge is 0.338 e. The summed E-state index contributed by atoms with van der Waals surface area (Å²) in [7, 11) is 1.54. The Bertz CT molecular complexity index is 977. The normalized spacial score (nSPS) is 13.1. The highest BCUT2D eigenvalue weighted by Crippen LogP contribution is 2.32. The van der Waals surface area contributed by atoms with E-state index in [1.807, 2.05) is 6.07 Å². The number of carbonyl (C=O) groups excluding carboxylic acids is 2. The summed E-state index contributed by atoms with van der Waals surface area (Å²) in [4.78, 5) is 34.8. The highest BCUT2D eigenvalue weighted by molar-refractivity contribution is 5.93. The third-order valence-electron chi connectivity index (χ3n) is 4.48. The monoisotopic (exact) mass is 415 g/mol. The second-order valence-corrected chi connectivity index (χ2v) is 6.51. The van der Waals surface area contributed by atoms with Crippen LogP contribution in [0.25, 0.3) is 0 Å². The average Bonchev–Trinajstić information content (AvgIpc) is 2.76. The van der Waals surface area contributed by atoms with Crippen molar-refractivity contribution in [2.45, 2.75) is 13.0 Å². The molecule has 3 rings (SSSR count). The van der Waals surface area contributed by atoms with Crippen LogP contribution in [0.3, 0.4) is 0 Å². The van der Waals surface area contributed by atoms with Gasteiger partial charge in [0.2, 0.25) is 0 Å². The number of carbonyl (C=O) groups is 2. The summed E-state index contributed by atoms with van der Waals surface area (Å²) >= 11 is 0. The van der Waals surface area contributed by atoms with Crippen LogP contribution in [0, 0.1) is 10.1 Å². The minimum absolute atomic E-state index is 0.0200. The molecule has 1 aliphatic rings. The molecule has 1 aliphatic heterocycles. The van der Waals surface area contributed by atoms with Crippen molar-refractivity contribution in [3.63, 3.8) is 0 Å². The van der Waals surface area contributed by atoms with Crippen LogP contribution in [0.15, 0.2) is 36.4 Å². The lowest BCUT2D eigenvalue weighted by Crippen LogP contribution is -2.31. The number of hydrogen-bond donors (Lipinski definition) is 2. The van der Waals surface area contributed by atoms with Gasteiger partial charge >= 0.3 is 5.97 Å². The van der Waals surface area contributed by atoms with Crippen molar-refractivity contribution in [2.75, 3.05) is 32.2 Å². The van der Waals surface area contributed by atoms with Gasteiger partial charge in [-0.25, -0.2) is 4.79 Å². The fourth-order valence-corrected chi connectivity index (χ4v) is 2.93. The van der Waals surface area contributed by atoms with Gasteiger partial charge in [0.05, 0.1) is 16.5 Å². The van der Waals surface area contributed by atoms with Crippen molar-refractivity contribution in [3.8, 4) is 11.5 Å². The Hall–Kier alpha value is -3.82. The van der Waals surface area contributed by atoms with Gasteiger partial charge in [0.15, 0.2) is 18.1 Å². The van der Waals surface area contributed by atoms with Gasteiger partial charge in [-0.15, -0.1) is 0 Å². The van der Waals surface area contributed by atoms with Crippen LogP contribution in [0.4, 0.5) is 11.4 Å². The number of nitrogens with zero attached hydrogens (tertiary/aromatic N) is 1. The summed E-state index contributed by atoms with van der Waals surface area (Å²) in [6.07, 6.45) is 0. The van der Waals surface area contributed by atoms with E-state index in [4.69, 9.17) is 14.2 Å². The summed E-state index contributed by atoms with van der Waals surface area (Å²) < 4.78 is 16.0. The van der Waals surface area contributed by atoms with E-state index in [-0.39, 0.29) is 23.0 Å². The number of ether oxygens (including phenoxy) is 3. The molecule has 0 radical (unpaired) electrons. The van der Waals surface area contributed by atoms with Crippen molar-refractivity contribution in [3.05, 3.63) is 57.6 Å². The number of nitrogens with one attached hydrogen (secondary N) is 2. The van der Waals surface area contributed by atoms with Crippen molar-refractivity contribution in [1.29, 1.82) is 0 Å². The zero-order valence-electron chi connectivity index (χ0n) is 16.5. The van der Waals surface area contributed by atoms with E-state index in [9.17, 15) is 19.7 Å². The molecule has 0 saturated carbocycles. The maximum atomic E-state index is 12.2. The van der Waals surface area contributed by atoms with Gasteiger partial charge in [-0.05, 0) is 36.8 Å². The first-order valence-electron chi connectivity index (χ1n) is 9.21. The molecule has 10 heteroatoms. The number of fused-ring (bicyclic) bond motifs is 1. The minimum Gasteiger partial charge on any atom is -0.486 e. The molecule has 0 unspecified atom stereocenters. The second-order valence-electron chi connectivity index (χ2n) is 6.51. The number of nitro groups is 1. The van der Waals surface area contributed by atoms with Gasteiger partial charge in [0, 0.05) is 13.1 Å². The number of nitro benzene ring substituents is 1. The molecule has 0 bridgehead atoms. The molecule has 158 valence electrons. The largest absolute Gasteiger partial charge is 0.486 e. The van der Waals surface area contributed by atoms with Crippen molar-refractivity contribution in [2.24, 2.45) is 0 Å². The lowest BCUT2D eigenvalue weighted by Gasteiger charge is -2.21. The Morgan fingerprint density at radius 2 is 1.90 bits per heavy atom. The predicted octanol–water partition coefficient (Wildman–Crippen LogP) is 2.44. The Kier molecular flexibility index (Phi) is 6.35. The van der Waals surface area contributed by atoms with Crippen molar-refractivity contribution < 1.29 is 28.7 Å². The minimum atomic E-state index is -0.831. The fraction of sp³-hybridized carbons (Fsp3) is 0.300. The lowest BCUT2D eigenvalue weighted by molar-refractivity contribution is -0.384. The third-order valence-corrected chi connectivity index (χ3v) is 4.48. The molecular formula is C20H21N3O7. The third kappa shape index (κ3) is 4.77. The molecule has 0 aliphatic carbocycles. The van der Waals surface area contributed by atoms with Gasteiger partial charge < -0.3 is 24.8 Å². The highest BCUT2D eigenvalue weighted by Gasteiger charge is 2.20. The van der Waals surface area contributed by atoms with Crippen LogP contribution >= 0.6 is 0 Å². The number of anilines is 1. The summed E-state index contributed by atoms with van der Waals surface area (Å²) in [5, 5.41) is 16.5. The summed E-state index contributed by atoms with van der Waals surface area (Å²) in [6, 6.07) is 8.90. The molecule has 1 atom stereocenters. The van der Waals surface area contributed by atoms with Crippen molar-refractivity contribution in [1.82, 2.24) is 5.32 Å². The van der Waals surface area contributed by atoms with Crippen LogP contribution in [-0.4, -0.2) is 43.7 Å². The molecule has 2 aromatic rings. The van der Waals surface area contributed by atoms with E-state index >= 15 is 0 Å². The summed E-state index contributed by atoms with van der Waals surface area (Å²) in [5.74, 6) is -0.0799. The summed E-state index contributed by atoms with van der Waals surface area (Å²) in [6.45, 7) is 2.21. The van der Waals surface area contributed by atoms with Crippen LogP contribution in [0.1, 0.15) is 28.9 Å². The van der Waals surface area contributed by atoms with Crippen LogP contribution in [0.5, 0.6) is 11.5 Å². The Balaban J connectivity index is 1.57. The molecule has 2 aromatic carbocycles. The second kappa shape index (κ2) is 9.12. The first kappa shape index (κ1) is 20.9. The quantitative estimate of drug-likeness (QED) is 0.401. The molecule has 1 heterocycles. The van der Waals surface area contributed by atoms with E-state index in [2.05, 4.69) is 10.6 Å². The van der Waals surface area contributed by atoms with Crippen molar-refractivity contribution >= 4 is 23.3 Å². The van der Waals surface area contributed by atoms with Gasteiger partial charge in [-0.2, -0.15) is 0 Å². The molecule has 2 N–H and O–H groups in total. The zero-order chi connectivity index (χ0) is 21.7. The van der Waals surface area contributed by atoms with Gasteiger partial charge in [0.25, 0.3) is 11.6 Å². The Labute approximate surface area is 172 Å². The zero-order valence-corrected chi connectivity index (χ0v) is 16.5. The molecule has 1 amide bonds. The first-order valence-corrected chi connectivity index (χ1v) is 9.21. The predicted molar refractivity (Wildman–Crippen MR) is 107 cm³/mol. The van der Waals surface area contributed by atoms with Gasteiger partial charge in [-0.1, -0.05) is 6.07 Å². The number of hydrogen-bond acceptors (Lipinski definition) is 8. The number of benzene rings is 2. The molecule has 30 heavy (non-hydrogen) atoms. The Morgan fingerprint density at radius 3 is 2.60 bits per heavy atom. The summed E-state index contributed by atoms with van der Waals surface area (Å²) in [5.41, 5.74) is 0.789. The molecular weight excluding hydrogens is 394 g/mol. The lowest BCUT2D eigenvalue weighted by atomic mass is 10.1. The maximum Gasteiger partial charge on any atom is 0.338 e. The topological polar surface area (TPSA) is 129 Å². The van der Waals surface area contributed by atoms with Crippen LogP contribution < -0.4 is 20.1 Å². The number of amides is 1. The molecule has 0 fully saturated rings. The maximum absolute atomic E-state index is 12.2. The number of esters is 1. The molecule has 0 spiro atoms.